The number of ether oxygens (including phenoxy) is 1. The molecule has 0 saturated carbocycles. The first-order valence-electron chi connectivity index (χ1n) is 5.37. The second-order valence-corrected chi connectivity index (χ2v) is 5.68. The highest BCUT2D eigenvalue weighted by atomic mass is 32.1. The first kappa shape index (κ1) is 13.2. The number of thiophene rings is 1. The van der Waals surface area contributed by atoms with Gasteiger partial charge in [0.2, 0.25) is 0 Å². The maximum atomic E-state index is 11.5. The molecule has 0 aromatic carbocycles. The SMILES string of the molecule is CC(NCC(=O)OC(C)(C)C)c1cccs1. The highest BCUT2D eigenvalue weighted by Crippen LogP contribution is 2.17. The molecule has 0 aliphatic carbocycles. The second kappa shape index (κ2) is 5.46. The highest BCUT2D eigenvalue weighted by Gasteiger charge is 2.16. The molecule has 1 atom stereocenters. The topological polar surface area (TPSA) is 38.3 Å². The molecule has 1 aromatic heterocycles. The van der Waals surface area contributed by atoms with Crippen molar-refractivity contribution in [1.29, 1.82) is 0 Å². The Morgan fingerprint density at radius 1 is 1.56 bits per heavy atom. The van der Waals surface area contributed by atoms with Crippen LogP contribution in [0, 0.1) is 0 Å². The summed E-state index contributed by atoms with van der Waals surface area (Å²) < 4.78 is 5.21. The van der Waals surface area contributed by atoms with Crippen LogP contribution >= 0.6 is 11.3 Å². The van der Waals surface area contributed by atoms with E-state index in [0.717, 1.165) is 0 Å². The molecule has 1 heterocycles. The van der Waals surface area contributed by atoms with E-state index >= 15 is 0 Å². The molecule has 16 heavy (non-hydrogen) atoms. The molecule has 1 aromatic rings. The maximum absolute atomic E-state index is 11.5. The van der Waals surface area contributed by atoms with Crippen molar-refractivity contribution >= 4 is 17.3 Å². The minimum Gasteiger partial charge on any atom is -0.459 e. The standard InChI is InChI=1S/C12H19NO2S/c1-9(10-6-5-7-16-10)13-8-11(14)15-12(2,3)4/h5-7,9,13H,8H2,1-4H3. The molecule has 0 radical (unpaired) electrons. The van der Waals surface area contributed by atoms with E-state index in [2.05, 4.69) is 11.4 Å². The van der Waals surface area contributed by atoms with Crippen molar-refractivity contribution in [3.63, 3.8) is 0 Å². The van der Waals surface area contributed by atoms with Crippen LogP contribution in [0.5, 0.6) is 0 Å². The van der Waals surface area contributed by atoms with Gasteiger partial charge in [-0.3, -0.25) is 10.1 Å². The van der Waals surface area contributed by atoms with Gasteiger partial charge in [-0.25, -0.2) is 0 Å². The second-order valence-electron chi connectivity index (χ2n) is 4.70. The summed E-state index contributed by atoms with van der Waals surface area (Å²) in [5.41, 5.74) is -0.412. The Bertz CT molecular complexity index is 327. The van der Waals surface area contributed by atoms with Gasteiger partial charge in [-0.2, -0.15) is 0 Å². The van der Waals surface area contributed by atoms with Crippen molar-refractivity contribution in [2.24, 2.45) is 0 Å². The Labute approximate surface area is 101 Å². The molecule has 0 amide bonds. The van der Waals surface area contributed by atoms with Gasteiger partial charge in [0.15, 0.2) is 0 Å². The lowest BCUT2D eigenvalue weighted by Gasteiger charge is -2.20. The molecule has 0 bridgehead atoms. The van der Waals surface area contributed by atoms with Crippen LogP contribution < -0.4 is 5.32 Å². The monoisotopic (exact) mass is 241 g/mol. The van der Waals surface area contributed by atoms with Crippen LogP contribution in [-0.2, 0) is 9.53 Å². The molecule has 0 spiro atoms. The summed E-state index contributed by atoms with van der Waals surface area (Å²) in [7, 11) is 0. The summed E-state index contributed by atoms with van der Waals surface area (Å²) in [6.07, 6.45) is 0. The predicted molar refractivity (Wildman–Crippen MR) is 66.6 cm³/mol. The third-order valence-corrected chi connectivity index (χ3v) is 3.00. The summed E-state index contributed by atoms with van der Waals surface area (Å²) >= 11 is 1.68. The van der Waals surface area contributed by atoms with Crippen LogP contribution in [0.1, 0.15) is 38.6 Å². The van der Waals surface area contributed by atoms with Crippen molar-refractivity contribution in [2.75, 3.05) is 6.54 Å². The van der Waals surface area contributed by atoms with Crippen molar-refractivity contribution in [1.82, 2.24) is 5.32 Å². The van der Waals surface area contributed by atoms with Crippen molar-refractivity contribution in [2.45, 2.75) is 39.3 Å². The molecule has 0 saturated heterocycles. The molecule has 4 heteroatoms. The summed E-state index contributed by atoms with van der Waals surface area (Å²) in [4.78, 5) is 12.7. The molecule has 90 valence electrons. The summed E-state index contributed by atoms with van der Waals surface area (Å²) in [5.74, 6) is -0.212. The van der Waals surface area contributed by atoms with Gasteiger partial charge in [0.05, 0.1) is 6.54 Å². The van der Waals surface area contributed by atoms with Crippen molar-refractivity contribution in [3.8, 4) is 0 Å². The van der Waals surface area contributed by atoms with E-state index in [0.29, 0.717) is 0 Å². The zero-order valence-corrected chi connectivity index (χ0v) is 11.1. The molecule has 1 unspecified atom stereocenters. The Morgan fingerprint density at radius 3 is 2.75 bits per heavy atom. The summed E-state index contributed by atoms with van der Waals surface area (Å²) in [6, 6.07) is 4.25. The predicted octanol–water partition coefficient (Wildman–Crippen LogP) is 2.74. The molecule has 1 N–H and O–H groups in total. The van der Waals surface area contributed by atoms with Gasteiger partial charge in [0, 0.05) is 10.9 Å². The van der Waals surface area contributed by atoms with E-state index < -0.39 is 5.60 Å². The number of esters is 1. The van der Waals surface area contributed by atoms with Gasteiger partial charge in [0.1, 0.15) is 5.60 Å². The van der Waals surface area contributed by atoms with E-state index in [4.69, 9.17) is 4.74 Å². The highest BCUT2D eigenvalue weighted by molar-refractivity contribution is 7.10. The smallest absolute Gasteiger partial charge is 0.320 e. The Hall–Kier alpha value is -0.870. The summed E-state index contributed by atoms with van der Waals surface area (Å²) in [5, 5.41) is 5.17. The fourth-order valence-corrected chi connectivity index (χ4v) is 2.01. The van der Waals surface area contributed by atoms with Crippen LogP contribution in [0.15, 0.2) is 17.5 Å². The van der Waals surface area contributed by atoms with E-state index in [-0.39, 0.29) is 18.6 Å². The van der Waals surface area contributed by atoms with Crippen molar-refractivity contribution < 1.29 is 9.53 Å². The lowest BCUT2D eigenvalue weighted by molar-refractivity contribution is -0.153. The third kappa shape index (κ3) is 4.77. The van der Waals surface area contributed by atoms with Crippen molar-refractivity contribution in [3.05, 3.63) is 22.4 Å². The molecule has 0 aliphatic rings. The van der Waals surface area contributed by atoms with Gasteiger partial charge in [-0.15, -0.1) is 11.3 Å². The molecule has 0 aliphatic heterocycles. The first-order chi connectivity index (χ1) is 7.38. The van der Waals surface area contributed by atoms with E-state index in [9.17, 15) is 4.79 Å². The fraction of sp³-hybridized carbons (Fsp3) is 0.583. The number of hydrogen-bond donors (Lipinski definition) is 1. The van der Waals surface area contributed by atoms with Crippen LogP contribution in [0.25, 0.3) is 0 Å². The van der Waals surface area contributed by atoms with E-state index in [1.54, 1.807) is 11.3 Å². The van der Waals surface area contributed by atoms with Crippen LogP contribution in [0.3, 0.4) is 0 Å². The third-order valence-electron chi connectivity index (χ3n) is 1.94. The Morgan fingerprint density at radius 2 is 2.25 bits per heavy atom. The lowest BCUT2D eigenvalue weighted by Crippen LogP contribution is -2.32. The number of hydrogen-bond acceptors (Lipinski definition) is 4. The average Bonchev–Trinajstić information content (AvgIpc) is 2.64. The zero-order chi connectivity index (χ0) is 12.2. The van der Waals surface area contributed by atoms with Crippen LogP contribution in [-0.4, -0.2) is 18.1 Å². The molecular formula is C12H19NO2S. The van der Waals surface area contributed by atoms with Gasteiger partial charge < -0.3 is 4.74 Å². The van der Waals surface area contributed by atoms with Gasteiger partial charge >= 0.3 is 5.97 Å². The van der Waals surface area contributed by atoms with E-state index in [1.807, 2.05) is 39.1 Å². The molecular weight excluding hydrogens is 222 g/mol. The average molecular weight is 241 g/mol. The first-order valence-corrected chi connectivity index (χ1v) is 6.25. The van der Waals surface area contributed by atoms with Crippen LogP contribution in [0.4, 0.5) is 0 Å². The molecule has 1 rings (SSSR count). The van der Waals surface area contributed by atoms with E-state index in [1.165, 1.54) is 4.88 Å². The Kier molecular flexibility index (Phi) is 4.50. The zero-order valence-electron chi connectivity index (χ0n) is 10.2. The quantitative estimate of drug-likeness (QED) is 0.824. The minimum atomic E-state index is -0.412. The number of carbonyl (C=O) groups is 1. The molecule has 0 fully saturated rings. The van der Waals surface area contributed by atoms with Gasteiger partial charge in [-0.05, 0) is 39.1 Å². The number of nitrogens with one attached hydrogen (secondary N) is 1. The normalized spacial score (nSPS) is 13.5. The molecule has 3 nitrogen and oxygen atoms in total. The number of carbonyl (C=O) groups excluding carboxylic acids is 1. The van der Waals surface area contributed by atoms with Gasteiger partial charge in [-0.1, -0.05) is 6.07 Å². The van der Waals surface area contributed by atoms with Gasteiger partial charge in [0.25, 0.3) is 0 Å². The Balaban J connectivity index is 2.32. The maximum Gasteiger partial charge on any atom is 0.320 e. The fourth-order valence-electron chi connectivity index (χ4n) is 1.25. The number of rotatable bonds is 4. The summed E-state index contributed by atoms with van der Waals surface area (Å²) in [6.45, 7) is 7.89. The minimum absolute atomic E-state index is 0.188. The van der Waals surface area contributed by atoms with Crippen LogP contribution in [0.2, 0.25) is 0 Å². The largest absolute Gasteiger partial charge is 0.459 e. The lowest BCUT2D eigenvalue weighted by atomic mass is 10.2.